The molecule has 0 saturated heterocycles. The quantitative estimate of drug-likeness (QED) is 0.691. The van der Waals surface area contributed by atoms with E-state index in [0.717, 1.165) is 0 Å². The van der Waals surface area contributed by atoms with E-state index in [4.69, 9.17) is 9.47 Å². The number of hydrogen-bond acceptors (Lipinski definition) is 3. The summed E-state index contributed by atoms with van der Waals surface area (Å²) >= 11 is 0. The van der Waals surface area contributed by atoms with Gasteiger partial charge in [-0.25, -0.2) is 0 Å². The van der Waals surface area contributed by atoms with Crippen LogP contribution >= 0.6 is 0 Å². The van der Waals surface area contributed by atoms with Gasteiger partial charge in [-0.05, 0) is 18.2 Å². The van der Waals surface area contributed by atoms with Crippen molar-refractivity contribution in [2.45, 2.75) is 6.29 Å². The molecule has 0 spiro atoms. The maximum absolute atomic E-state index is 11.4. The average molecular weight is 197 g/mol. The lowest BCUT2D eigenvalue weighted by Crippen LogP contribution is -2.01. The van der Waals surface area contributed by atoms with E-state index in [1.54, 1.807) is 18.2 Å². The van der Waals surface area contributed by atoms with Crippen LogP contribution in [0.15, 0.2) is 18.2 Å². The van der Waals surface area contributed by atoms with Gasteiger partial charge in [-0.2, -0.15) is 5.11 Å². The van der Waals surface area contributed by atoms with Crippen LogP contribution in [-0.2, 0) is 9.84 Å². The summed E-state index contributed by atoms with van der Waals surface area (Å²) < 4.78 is 14.7. The van der Waals surface area contributed by atoms with Gasteiger partial charge in [-0.1, -0.05) is 0 Å². The highest BCUT2D eigenvalue weighted by atomic mass is 16.6. The first-order valence-electron chi connectivity index (χ1n) is 4.13. The standard InChI is InChI=1S/C10H13O4/c1-12-7-4-5-9(13-2)8(6-7)10(11)14-3/h4-6,10H,1-3H3. The maximum atomic E-state index is 11.4. The van der Waals surface area contributed by atoms with E-state index >= 15 is 0 Å². The molecule has 14 heavy (non-hydrogen) atoms. The molecule has 0 N–H and O–H groups in total. The van der Waals surface area contributed by atoms with Gasteiger partial charge in [0.1, 0.15) is 11.5 Å². The minimum absolute atomic E-state index is 0.439. The van der Waals surface area contributed by atoms with Crippen molar-refractivity contribution >= 4 is 0 Å². The molecule has 0 heterocycles. The predicted octanol–water partition coefficient (Wildman–Crippen LogP) is 1.78. The van der Waals surface area contributed by atoms with E-state index in [1.807, 2.05) is 0 Å². The van der Waals surface area contributed by atoms with Gasteiger partial charge in [-0.15, -0.1) is 0 Å². The van der Waals surface area contributed by atoms with Gasteiger partial charge in [0.05, 0.1) is 19.8 Å². The lowest BCUT2D eigenvalue weighted by molar-refractivity contribution is -0.124. The Hall–Kier alpha value is -1.26. The molecular formula is C10H13O4. The van der Waals surface area contributed by atoms with Gasteiger partial charge in [-0.3, -0.25) is 0 Å². The molecule has 1 unspecified atom stereocenters. The van der Waals surface area contributed by atoms with Crippen molar-refractivity contribution in [2.24, 2.45) is 0 Å². The van der Waals surface area contributed by atoms with Gasteiger partial charge in [0.25, 0.3) is 0 Å². The molecule has 0 aliphatic rings. The fourth-order valence-electron chi connectivity index (χ4n) is 1.15. The lowest BCUT2D eigenvalue weighted by Gasteiger charge is -2.12. The first kappa shape index (κ1) is 10.8. The van der Waals surface area contributed by atoms with Gasteiger partial charge >= 0.3 is 0 Å². The third kappa shape index (κ3) is 2.16. The van der Waals surface area contributed by atoms with Crippen LogP contribution in [0.3, 0.4) is 0 Å². The highest BCUT2D eigenvalue weighted by Gasteiger charge is 2.14. The Labute approximate surface area is 83.0 Å². The Morgan fingerprint density at radius 1 is 1.14 bits per heavy atom. The molecule has 4 heteroatoms. The molecule has 1 aromatic rings. The third-order valence-electron chi connectivity index (χ3n) is 1.90. The molecule has 0 aromatic heterocycles. The van der Waals surface area contributed by atoms with Crippen molar-refractivity contribution in [1.29, 1.82) is 0 Å². The van der Waals surface area contributed by atoms with E-state index in [0.29, 0.717) is 17.1 Å². The second-order valence-electron chi connectivity index (χ2n) is 2.68. The molecule has 0 aliphatic carbocycles. The van der Waals surface area contributed by atoms with Crippen LogP contribution < -0.4 is 9.47 Å². The second kappa shape index (κ2) is 4.83. The third-order valence-corrected chi connectivity index (χ3v) is 1.90. The van der Waals surface area contributed by atoms with Crippen LogP contribution in [0.5, 0.6) is 11.5 Å². The Balaban J connectivity index is 3.08. The molecule has 1 atom stereocenters. The van der Waals surface area contributed by atoms with Crippen molar-refractivity contribution < 1.29 is 19.3 Å². The van der Waals surface area contributed by atoms with Gasteiger partial charge in [0, 0.05) is 7.11 Å². The van der Waals surface area contributed by atoms with Crippen molar-refractivity contribution in [3.8, 4) is 11.5 Å². The summed E-state index contributed by atoms with van der Waals surface area (Å²) in [7, 11) is 4.41. The van der Waals surface area contributed by atoms with Gasteiger partial charge in [0.2, 0.25) is 6.29 Å². The zero-order chi connectivity index (χ0) is 10.6. The summed E-state index contributed by atoms with van der Waals surface area (Å²) in [5.41, 5.74) is 0.439. The predicted molar refractivity (Wildman–Crippen MR) is 50.0 cm³/mol. The first-order valence-corrected chi connectivity index (χ1v) is 4.13. The van der Waals surface area contributed by atoms with Crippen LogP contribution in [0.4, 0.5) is 0 Å². The topological polar surface area (TPSA) is 47.6 Å². The lowest BCUT2D eigenvalue weighted by atomic mass is 10.2. The van der Waals surface area contributed by atoms with Crippen LogP contribution in [0.1, 0.15) is 11.9 Å². The van der Waals surface area contributed by atoms with Crippen molar-refractivity contribution in [3.05, 3.63) is 23.8 Å². The highest BCUT2D eigenvalue weighted by Crippen LogP contribution is 2.29. The Morgan fingerprint density at radius 2 is 1.86 bits per heavy atom. The molecule has 0 amide bonds. The monoisotopic (exact) mass is 197 g/mol. The van der Waals surface area contributed by atoms with E-state index in [2.05, 4.69) is 4.74 Å². The molecule has 1 rings (SSSR count). The Morgan fingerprint density at radius 3 is 2.36 bits per heavy atom. The van der Waals surface area contributed by atoms with E-state index < -0.39 is 6.29 Å². The van der Waals surface area contributed by atoms with Gasteiger partial charge in [0.15, 0.2) is 0 Å². The Bertz CT molecular complexity index is 298. The number of methoxy groups -OCH3 is 3. The zero-order valence-electron chi connectivity index (χ0n) is 8.44. The van der Waals surface area contributed by atoms with Crippen LogP contribution in [0.25, 0.3) is 0 Å². The SMILES string of the molecule is COc1ccc(OC)c(C([O])OC)c1. The molecule has 4 nitrogen and oxygen atoms in total. The largest absolute Gasteiger partial charge is 0.497 e. The first-order chi connectivity index (χ1) is 6.72. The minimum Gasteiger partial charge on any atom is -0.497 e. The molecular weight excluding hydrogens is 184 g/mol. The summed E-state index contributed by atoms with van der Waals surface area (Å²) in [5.74, 6) is 1.12. The van der Waals surface area contributed by atoms with E-state index in [-0.39, 0.29) is 0 Å². The fourth-order valence-corrected chi connectivity index (χ4v) is 1.15. The van der Waals surface area contributed by atoms with Crippen molar-refractivity contribution in [3.63, 3.8) is 0 Å². The second-order valence-corrected chi connectivity index (χ2v) is 2.68. The van der Waals surface area contributed by atoms with Crippen LogP contribution in [0.2, 0.25) is 0 Å². The highest BCUT2D eigenvalue weighted by molar-refractivity contribution is 5.40. The average Bonchev–Trinajstić information content (AvgIpc) is 2.27. The summed E-state index contributed by atoms with van der Waals surface area (Å²) in [4.78, 5) is 0. The molecule has 77 valence electrons. The summed E-state index contributed by atoms with van der Waals surface area (Å²) in [6.45, 7) is 0. The number of ether oxygens (including phenoxy) is 3. The summed E-state index contributed by atoms with van der Waals surface area (Å²) in [6, 6.07) is 5.02. The van der Waals surface area contributed by atoms with Crippen molar-refractivity contribution in [2.75, 3.05) is 21.3 Å². The van der Waals surface area contributed by atoms with Crippen molar-refractivity contribution in [1.82, 2.24) is 0 Å². The van der Waals surface area contributed by atoms with E-state index in [1.165, 1.54) is 21.3 Å². The summed E-state index contributed by atoms with van der Waals surface area (Å²) in [5, 5.41) is 11.4. The number of benzene rings is 1. The molecule has 1 aromatic carbocycles. The minimum atomic E-state index is -1.25. The normalized spacial score (nSPS) is 12.3. The zero-order valence-corrected chi connectivity index (χ0v) is 8.44. The molecule has 0 saturated carbocycles. The Kier molecular flexibility index (Phi) is 3.73. The van der Waals surface area contributed by atoms with Gasteiger partial charge < -0.3 is 14.2 Å². The van der Waals surface area contributed by atoms with E-state index in [9.17, 15) is 5.11 Å². The number of rotatable bonds is 4. The summed E-state index contributed by atoms with van der Waals surface area (Å²) in [6.07, 6.45) is -1.25. The fraction of sp³-hybridized carbons (Fsp3) is 0.400. The maximum Gasteiger partial charge on any atom is 0.221 e. The molecule has 0 aliphatic heterocycles. The number of hydrogen-bond donors (Lipinski definition) is 0. The van der Waals surface area contributed by atoms with Crippen LogP contribution in [-0.4, -0.2) is 21.3 Å². The smallest absolute Gasteiger partial charge is 0.221 e. The molecule has 1 radical (unpaired) electrons. The molecule has 0 bridgehead atoms. The van der Waals surface area contributed by atoms with Crippen LogP contribution in [0, 0.1) is 0 Å². The molecule has 0 fully saturated rings.